The van der Waals surface area contributed by atoms with E-state index in [0.29, 0.717) is 6.04 Å². The third kappa shape index (κ3) is 6.40. The minimum Gasteiger partial charge on any atom is -0.379 e. The summed E-state index contributed by atoms with van der Waals surface area (Å²) >= 11 is 0. The molecule has 1 atom stereocenters. The molecular formula is C19H35IN4O. The van der Waals surface area contributed by atoms with Crippen molar-refractivity contribution in [1.29, 1.82) is 0 Å². The first-order chi connectivity index (χ1) is 11.9. The van der Waals surface area contributed by atoms with Crippen LogP contribution in [-0.4, -0.2) is 74.3 Å². The SMILES string of the molecule is CCNC(=NCCC1=CCCCC1)N1CCC(N2CCOCC2)C1.I. The van der Waals surface area contributed by atoms with Gasteiger partial charge in [0.15, 0.2) is 5.96 Å². The Labute approximate surface area is 170 Å². The molecule has 25 heavy (non-hydrogen) atoms. The number of likely N-dealkylation sites (tertiary alicyclic amines) is 1. The van der Waals surface area contributed by atoms with Crippen molar-refractivity contribution in [2.75, 3.05) is 52.5 Å². The van der Waals surface area contributed by atoms with Gasteiger partial charge in [0, 0.05) is 45.3 Å². The minimum absolute atomic E-state index is 0. The van der Waals surface area contributed by atoms with Crippen molar-refractivity contribution in [2.24, 2.45) is 4.99 Å². The van der Waals surface area contributed by atoms with Crippen LogP contribution in [0.2, 0.25) is 0 Å². The van der Waals surface area contributed by atoms with Gasteiger partial charge >= 0.3 is 0 Å². The summed E-state index contributed by atoms with van der Waals surface area (Å²) in [5.41, 5.74) is 1.62. The number of rotatable bonds is 5. The fourth-order valence-electron chi connectivity index (χ4n) is 4.04. The van der Waals surface area contributed by atoms with Gasteiger partial charge in [-0.1, -0.05) is 11.6 Å². The van der Waals surface area contributed by atoms with Crippen molar-refractivity contribution in [3.05, 3.63) is 11.6 Å². The first-order valence-corrected chi connectivity index (χ1v) is 9.90. The Morgan fingerprint density at radius 1 is 1.28 bits per heavy atom. The second-order valence-corrected chi connectivity index (χ2v) is 7.13. The van der Waals surface area contributed by atoms with E-state index in [2.05, 4.69) is 28.1 Å². The third-order valence-corrected chi connectivity index (χ3v) is 5.44. The fourth-order valence-corrected chi connectivity index (χ4v) is 4.04. The molecule has 3 aliphatic rings. The van der Waals surface area contributed by atoms with Crippen LogP contribution in [0.4, 0.5) is 0 Å². The number of nitrogens with one attached hydrogen (secondary N) is 1. The van der Waals surface area contributed by atoms with Gasteiger partial charge in [0.1, 0.15) is 0 Å². The standard InChI is InChI=1S/C19H34N4O.HI/c1-2-20-19(21-10-8-17-6-4-3-5-7-17)23-11-9-18(16-23)22-12-14-24-15-13-22;/h6,18H,2-5,7-16H2,1H3,(H,20,21);1H. The summed E-state index contributed by atoms with van der Waals surface area (Å²) in [6.45, 7) is 10.2. The number of morpholine rings is 1. The highest BCUT2D eigenvalue weighted by atomic mass is 127. The number of hydrogen-bond donors (Lipinski definition) is 1. The molecule has 2 fully saturated rings. The largest absolute Gasteiger partial charge is 0.379 e. The number of halogens is 1. The Balaban J connectivity index is 0.00000225. The topological polar surface area (TPSA) is 40.1 Å². The third-order valence-electron chi connectivity index (χ3n) is 5.44. The molecule has 2 saturated heterocycles. The van der Waals surface area contributed by atoms with Gasteiger partial charge in [-0.25, -0.2) is 0 Å². The van der Waals surface area contributed by atoms with Crippen LogP contribution in [0.25, 0.3) is 0 Å². The maximum absolute atomic E-state index is 5.49. The maximum atomic E-state index is 5.49. The lowest BCUT2D eigenvalue weighted by molar-refractivity contribution is 0.0195. The first kappa shape index (κ1) is 21.0. The lowest BCUT2D eigenvalue weighted by Crippen LogP contribution is -2.46. The molecule has 1 unspecified atom stereocenters. The van der Waals surface area contributed by atoms with E-state index in [1.807, 2.05) is 0 Å². The highest BCUT2D eigenvalue weighted by Gasteiger charge is 2.30. The average Bonchev–Trinajstić information content (AvgIpc) is 3.13. The molecule has 0 saturated carbocycles. The number of allylic oxidation sites excluding steroid dienone is 1. The molecule has 0 amide bonds. The molecule has 2 heterocycles. The summed E-state index contributed by atoms with van der Waals surface area (Å²) in [6, 6.07) is 0.666. The van der Waals surface area contributed by atoms with Gasteiger partial charge in [0.2, 0.25) is 0 Å². The molecule has 1 aliphatic carbocycles. The average molecular weight is 462 g/mol. The molecule has 0 aromatic heterocycles. The number of ether oxygens (including phenoxy) is 1. The number of aliphatic imine (C=N–C) groups is 1. The van der Waals surface area contributed by atoms with Gasteiger partial charge in [0.25, 0.3) is 0 Å². The Morgan fingerprint density at radius 2 is 2.12 bits per heavy atom. The van der Waals surface area contributed by atoms with E-state index in [1.54, 1.807) is 5.57 Å². The highest BCUT2D eigenvalue weighted by molar-refractivity contribution is 14.0. The first-order valence-electron chi connectivity index (χ1n) is 9.90. The summed E-state index contributed by atoms with van der Waals surface area (Å²) in [4.78, 5) is 9.97. The lowest BCUT2D eigenvalue weighted by atomic mass is 9.97. The molecule has 0 radical (unpaired) electrons. The highest BCUT2D eigenvalue weighted by Crippen LogP contribution is 2.20. The van der Waals surface area contributed by atoms with Crippen LogP contribution in [0.5, 0.6) is 0 Å². The van der Waals surface area contributed by atoms with E-state index < -0.39 is 0 Å². The van der Waals surface area contributed by atoms with Crippen molar-refractivity contribution >= 4 is 29.9 Å². The molecule has 5 nitrogen and oxygen atoms in total. The number of hydrogen-bond acceptors (Lipinski definition) is 3. The van der Waals surface area contributed by atoms with Crippen LogP contribution in [0.3, 0.4) is 0 Å². The van der Waals surface area contributed by atoms with E-state index >= 15 is 0 Å². The van der Waals surface area contributed by atoms with Crippen molar-refractivity contribution in [1.82, 2.24) is 15.1 Å². The normalized spacial score (nSPS) is 25.5. The molecule has 3 rings (SSSR count). The van der Waals surface area contributed by atoms with Crippen molar-refractivity contribution < 1.29 is 4.74 Å². The summed E-state index contributed by atoms with van der Waals surface area (Å²) in [6.07, 6.45) is 10.1. The smallest absolute Gasteiger partial charge is 0.193 e. The monoisotopic (exact) mass is 462 g/mol. The molecule has 0 aromatic carbocycles. The quantitative estimate of drug-likeness (QED) is 0.295. The van der Waals surface area contributed by atoms with E-state index in [-0.39, 0.29) is 24.0 Å². The summed E-state index contributed by atoms with van der Waals surface area (Å²) < 4.78 is 5.49. The zero-order valence-electron chi connectivity index (χ0n) is 15.7. The van der Waals surface area contributed by atoms with Crippen LogP contribution in [-0.2, 0) is 4.74 Å². The maximum Gasteiger partial charge on any atom is 0.193 e. The molecule has 0 bridgehead atoms. The predicted molar refractivity (Wildman–Crippen MR) is 115 cm³/mol. The molecule has 0 spiro atoms. The Bertz CT molecular complexity index is 449. The zero-order chi connectivity index (χ0) is 16.6. The van der Waals surface area contributed by atoms with Crippen LogP contribution in [0.15, 0.2) is 16.6 Å². The van der Waals surface area contributed by atoms with Crippen LogP contribution >= 0.6 is 24.0 Å². The lowest BCUT2D eigenvalue weighted by Gasteiger charge is -2.32. The molecule has 144 valence electrons. The van der Waals surface area contributed by atoms with E-state index in [1.165, 1.54) is 32.1 Å². The van der Waals surface area contributed by atoms with Crippen LogP contribution < -0.4 is 5.32 Å². The Hall–Kier alpha value is -0.340. The molecule has 1 N–H and O–H groups in total. The van der Waals surface area contributed by atoms with Crippen LogP contribution in [0.1, 0.15) is 45.4 Å². The second-order valence-electron chi connectivity index (χ2n) is 7.13. The van der Waals surface area contributed by atoms with E-state index in [9.17, 15) is 0 Å². The predicted octanol–water partition coefficient (Wildman–Crippen LogP) is 2.87. The van der Waals surface area contributed by atoms with Gasteiger partial charge < -0.3 is 15.0 Å². The van der Waals surface area contributed by atoms with Crippen molar-refractivity contribution in [3.8, 4) is 0 Å². The van der Waals surface area contributed by atoms with Gasteiger partial charge in [0.05, 0.1) is 13.2 Å². The van der Waals surface area contributed by atoms with Gasteiger partial charge in [-0.3, -0.25) is 9.89 Å². The van der Waals surface area contributed by atoms with E-state index in [4.69, 9.17) is 9.73 Å². The summed E-state index contributed by atoms with van der Waals surface area (Å²) in [7, 11) is 0. The van der Waals surface area contributed by atoms with Crippen molar-refractivity contribution in [3.63, 3.8) is 0 Å². The molecular weight excluding hydrogens is 427 g/mol. The molecule has 2 aliphatic heterocycles. The fraction of sp³-hybridized carbons (Fsp3) is 0.842. The zero-order valence-corrected chi connectivity index (χ0v) is 18.0. The van der Waals surface area contributed by atoms with Gasteiger partial charge in [-0.2, -0.15) is 0 Å². The Kier molecular flexibility index (Phi) is 9.55. The number of guanidine groups is 1. The van der Waals surface area contributed by atoms with Gasteiger partial charge in [-0.05, 0) is 45.4 Å². The van der Waals surface area contributed by atoms with Crippen LogP contribution in [0, 0.1) is 0 Å². The summed E-state index contributed by atoms with van der Waals surface area (Å²) in [5, 5.41) is 3.50. The molecule has 0 aromatic rings. The summed E-state index contributed by atoms with van der Waals surface area (Å²) in [5.74, 6) is 1.12. The van der Waals surface area contributed by atoms with E-state index in [0.717, 1.165) is 64.9 Å². The van der Waals surface area contributed by atoms with Crippen molar-refractivity contribution in [2.45, 2.75) is 51.5 Å². The Morgan fingerprint density at radius 3 is 2.84 bits per heavy atom. The second kappa shape index (κ2) is 11.4. The number of nitrogens with zero attached hydrogens (tertiary/aromatic N) is 3. The molecule has 6 heteroatoms. The minimum atomic E-state index is 0. The van der Waals surface area contributed by atoms with Gasteiger partial charge in [-0.15, -0.1) is 24.0 Å².